The predicted molar refractivity (Wildman–Crippen MR) is 307 cm³/mol. The van der Waals surface area contributed by atoms with Crippen molar-refractivity contribution in [2.45, 2.75) is 6.17 Å². The minimum Gasteiger partial charge on any atom is -0.333 e. The summed E-state index contributed by atoms with van der Waals surface area (Å²) in [5, 5.41) is 4.75. The summed E-state index contributed by atoms with van der Waals surface area (Å²) in [6.07, 6.45) is -0.214. The van der Waals surface area contributed by atoms with Gasteiger partial charge in [0.2, 0.25) is 0 Å². The molecule has 0 spiro atoms. The molecule has 0 amide bonds. The lowest BCUT2D eigenvalue weighted by atomic mass is 10.0. The van der Waals surface area contributed by atoms with E-state index in [9.17, 15) is 0 Å². The van der Waals surface area contributed by atoms with Crippen LogP contribution in [0.3, 0.4) is 0 Å². The number of aromatic nitrogens is 5. The smallest absolute Gasteiger partial charge is 0.164 e. The maximum atomic E-state index is 5.24. The Labute approximate surface area is 433 Å². The van der Waals surface area contributed by atoms with Gasteiger partial charge in [-0.25, -0.2) is 24.9 Å². The van der Waals surface area contributed by atoms with Crippen molar-refractivity contribution in [1.29, 1.82) is 0 Å². The van der Waals surface area contributed by atoms with Crippen LogP contribution in [0.2, 0.25) is 0 Å². The van der Waals surface area contributed by atoms with Crippen LogP contribution in [0.1, 0.15) is 22.9 Å². The van der Waals surface area contributed by atoms with Crippen LogP contribution in [0.15, 0.2) is 265 Å². The number of hydrogen-bond acceptors (Lipinski definition) is 6. The van der Waals surface area contributed by atoms with Crippen LogP contribution in [-0.2, 0) is 0 Å². The number of benzene rings is 10. The summed E-state index contributed by atoms with van der Waals surface area (Å²) in [7, 11) is 2.07. The minimum absolute atomic E-state index is 0.214. The van der Waals surface area contributed by atoms with Gasteiger partial charge in [0, 0.05) is 67.8 Å². The van der Waals surface area contributed by atoms with Crippen LogP contribution in [0.25, 0.3) is 100 Å². The molecule has 14 rings (SSSR count). The molecule has 13 aromatic rings. The Kier molecular flexibility index (Phi) is 10.6. The SMILES string of the molecule is CN1C(c2ccccc2)=NC(c2ccc(-n3c4ccccc4c4cc(-c5ccc6c(c5)c5ccccc5n6-c5cccc(-c6nc(-c7ccccc7)nc(-c7ccccc7)n6)c5)ccc43)cc2)=NC1c1ccccc1. The molecule has 3 aromatic heterocycles. The second-order valence-electron chi connectivity index (χ2n) is 19.0. The minimum atomic E-state index is -0.214. The van der Waals surface area contributed by atoms with E-state index in [1.165, 1.54) is 21.5 Å². The second kappa shape index (κ2) is 18.2. The molecule has 8 heteroatoms. The van der Waals surface area contributed by atoms with Gasteiger partial charge in [-0.2, -0.15) is 0 Å². The van der Waals surface area contributed by atoms with E-state index >= 15 is 0 Å². The summed E-state index contributed by atoms with van der Waals surface area (Å²) in [5.74, 6) is 3.49. The highest BCUT2D eigenvalue weighted by molar-refractivity contribution is 6.14. The largest absolute Gasteiger partial charge is 0.333 e. The van der Waals surface area contributed by atoms with Crippen LogP contribution in [0.5, 0.6) is 0 Å². The van der Waals surface area contributed by atoms with Gasteiger partial charge in [0.1, 0.15) is 12.0 Å². The predicted octanol–water partition coefficient (Wildman–Crippen LogP) is 15.6. The quantitative estimate of drug-likeness (QED) is 0.144. The first-order valence-electron chi connectivity index (χ1n) is 25.2. The van der Waals surface area contributed by atoms with Crippen molar-refractivity contribution >= 4 is 55.3 Å². The van der Waals surface area contributed by atoms with Crippen molar-refractivity contribution in [1.82, 2.24) is 29.0 Å². The number of hydrogen-bond donors (Lipinski definition) is 0. The van der Waals surface area contributed by atoms with Gasteiger partial charge in [-0.1, -0.05) is 182 Å². The van der Waals surface area contributed by atoms with Crippen LogP contribution in [-0.4, -0.2) is 47.7 Å². The average molecular weight is 963 g/mol. The van der Waals surface area contributed by atoms with Crippen molar-refractivity contribution in [3.8, 4) is 56.7 Å². The number of fused-ring (bicyclic) bond motifs is 6. The first kappa shape index (κ1) is 43.7. The highest BCUT2D eigenvalue weighted by Crippen LogP contribution is 2.39. The molecule has 0 saturated carbocycles. The van der Waals surface area contributed by atoms with Crippen molar-refractivity contribution in [3.05, 3.63) is 271 Å². The summed E-state index contributed by atoms with van der Waals surface area (Å²) in [4.78, 5) is 27.6. The first-order chi connectivity index (χ1) is 37.1. The lowest BCUT2D eigenvalue weighted by Crippen LogP contribution is -2.35. The Morgan fingerprint density at radius 3 is 1.32 bits per heavy atom. The highest BCUT2D eigenvalue weighted by Gasteiger charge is 2.27. The van der Waals surface area contributed by atoms with Crippen molar-refractivity contribution in [3.63, 3.8) is 0 Å². The number of para-hydroxylation sites is 2. The number of rotatable bonds is 9. The molecule has 1 aliphatic heterocycles. The fourth-order valence-corrected chi connectivity index (χ4v) is 10.8. The standard InChI is InChI=1S/C67H46N8/c1-73-66(47-23-10-4-11-24-47)71-64(72-67(73)48-25-12-5-13-26-48)46-33-37-52(38-34-46)74-58-31-16-14-29-54(58)56-42-49(35-39-60(56)74)50-36-40-61-57(43-50)55-30-15-17-32-59(55)75(61)53-28-18-27-51(41-53)65-69-62(44-19-6-2-7-20-44)68-63(70-65)45-21-8-3-9-22-45/h2-43,66H,1H3. The van der Waals surface area contributed by atoms with E-state index in [0.29, 0.717) is 23.3 Å². The molecule has 0 fully saturated rings. The summed E-state index contributed by atoms with van der Waals surface area (Å²) in [6, 6.07) is 89.4. The molecule has 10 aromatic carbocycles. The fraction of sp³-hybridized carbons (Fsp3) is 0.0299. The Morgan fingerprint density at radius 2 is 0.760 bits per heavy atom. The molecular formula is C67H46N8. The van der Waals surface area contributed by atoms with E-state index in [2.05, 4.69) is 203 Å². The highest BCUT2D eigenvalue weighted by atomic mass is 15.3. The molecule has 1 aliphatic rings. The van der Waals surface area contributed by atoms with E-state index in [1.807, 2.05) is 72.8 Å². The Balaban J connectivity index is 0.830. The van der Waals surface area contributed by atoms with E-state index in [0.717, 1.165) is 83.8 Å². The normalized spacial score (nSPS) is 13.7. The zero-order valence-electron chi connectivity index (χ0n) is 40.9. The Hall–Kier alpha value is -10.1. The summed E-state index contributed by atoms with van der Waals surface area (Å²) in [5.41, 5.74) is 14.8. The first-order valence-corrected chi connectivity index (χ1v) is 25.2. The Bertz CT molecular complexity index is 4290. The zero-order chi connectivity index (χ0) is 49.8. The number of aliphatic imine (C=N–C) groups is 2. The van der Waals surface area contributed by atoms with Gasteiger partial charge >= 0.3 is 0 Å². The van der Waals surface area contributed by atoms with Gasteiger partial charge in [-0.05, 0) is 89.5 Å². The molecule has 0 bridgehead atoms. The molecule has 1 atom stereocenters. The summed E-state index contributed by atoms with van der Waals surface area (Å²) in [6.45, 7) is 0. The lowest BCUT2D eigenvalue weighted by Gasteiger charge is -2.32. The lowest BCUT2D eigenvalue weighted by molar-refractivity contribution is 0.383. The average Bonchev–Trinajstić information content (AvgIpc) is 4.00. The topological polar surface area (TPSA) is 76.5 Å². The summed E-state index contributed by atoms with van der Waals surface area (Å²) >= 11 is 0. The molecule has 354 valence electrons. The van der Waals surface area contributed by atoms with Crippen LogP contribution < -0.4 is 0 Å². The molecule has 0 N–H and O–H groups in total. The molecule has 0 radical (unpaired) electrons. The number of amidine groups is 2. The van der Waals surface area contributed by atoms with Gasteiger partial charge in [-0.3, -0.25) is 0 Å². The number of nitrogens with zero attached hydrogens (tertiary/aromatic N) is 8. The van der Waals surface area contributed by atoms with Crippen molar-refractivity contribution in [2.75, 3.05) is 7.05 Å². The van der Waals surface area contributed by atoms with Gasteiger partial charge in [0.25, 0.3) is 0 Å². The molecule has 0 aliphatic carbocycles. The molecule has 8 nitrogen and oxygen atoms in total. The van der Waals surface area contributed by atoms with E-state index in [4.69, 9.17) is 24.9 Å². The fourth-order valence-electron chi connectivity index (χ4n) is 10.8. The van der Waals surface area contributed by atoms with Crippen LogP contribution in [0, 0.1) is 0 Å². The third-order valence-electron chi connectivity index (χ3n) is 14.4. The van der Waals surface area contributed by atoms with Gasteiger partial charge in [-0.15, -0.1) is 0 Å². The maximum Gasteiger partial charge on any atom is 0.164 e. The van der Waals surface area contributed by atoms with Crippen LogP contribution in [0.4, 0.5) is 0 Å². The third-order valence-corrected chi connectivity index (χ3v) is 14.4. The molecule has 75 heavy (non-hydrogen) atoms. The molecule has 0 saturated heterocycles. The van der Waals surface area contributed by atoms with E-state index in [1.54, 1.807) is 0 Å². The Morgan fingerprint density at radius 1 is 0.320 bits per heavy atom. The van der Waals surface area contributed by atoms with Gasteiger partial charge in [0.05, 0.1) is 22.1 Å². The van der Waals surface area contributed by atoms with Gasteiger partial charge in [0.15, 0.2) is 23.3 Å². The third kappa shape index (κ3) is 7.75. The second-order valence-corrected chi connectivity index (χ2v) is 19.0. The molecular weight excluding hydrogens is 917 g/mol. The molecule has 4 heterocycles. The zero-order valence-corrected chi connectivity index (χ0v) is 40.9. The maximum absolute atomic E-state index is 5.24. The summed E-state index contributed by atoms with van der Waals surface area (Å²) < 4.78 is 4.72. The van der Waals surface area contributed by atoms with E-state index in [-0.39, 0.29) is 6.17 Å². The monoisotopic (exact) mass is 962 g/mol. The van der Waals surface area contributed by atoms with Crippen molar-refractivity contribution in [2.24, 2.45) is 9.98 Å². The van der Waals surface area contributed by atoms with E-state index < -0.39 is 0 Å². The van der Waals surface area contributed by atoms with Crippen LogP contribution >= 0.6 is 0 Å². The van der Waals surface area contributed by atoms with Gasteiger partial charge < -0.3 is 14.0 Å². The van der Waals surface area contributed by atoms with Crippen molar-refractivity contribution < 1.29 is 0 Å². The molecule has 1 unspecified atom stereocenters.